The van der Waals surface area contributed by atoms with Crippen molar-refractivity contribution in [2.75, 3.05) is 20.2 Å². The molecule has 100 valence electrons. The van der Waals surface area contributed by atoms with Crippen molar-refractivity contribution >= 4 is 0 Å². The van der Waals surface area contributed by atoms with Crippen LogP contribution in [0.5, 0.6) is 5.75 Å². The molecule has 0 saturated carbocycles. The predicted octanol–water partition coefficient (Wildman–Crippen LogP) is 2.32. The van der Waals surface area contributed by atoms with Gasteiger partial charge in [-0.05, 0) is 43.5 Å². The number of aryl methyl sites for hydroxylation is 1. The number of likely N-dealkylation sites (tertiary alicyclic amines) is 1. The van der Waals surface area contributed by atoms with Crippen LogP contribution in [-0.4, -0.2) is 31.1 Å². The van der Waals surface area contributed by atoms with Gasteiger partial charge >= 0.3 is 0 Å². The number of nitrogens with zero attached hydrogens (tertiary/aromatic N) is 1. The Labute approximate surface area is 110 Å². The zero-order chi connectivity index (χ0) is 13.0. The molecule has 1 atom stereocenters. The number of methoxy groups -OCH3 is 1. The molecule has 0 radical (unpaired) electrons. The summed E-state index contributed by atoms with van der Waals surface area (Å²) < 4.78 is 5.30. The van der Waals surface area contributed by atoms with Gasteiger partial charge in [-0.2, -0.15) is 0 Å². The first-order valence-corrected chi connectivity index (χ1v) is 6.82. The van der Waals surface area contributed by atoms with E-state index in [1.165, 1.54) is 36.9 Å². The van der Waals surface area contributed by atoms with E-state index in [0.717, 1.165) is 18.8 Å². The Kier molecular flexibility index (Phi) is 4.61. The van der Waals surface area contributed by atoms with Crippen LogP contribution in [0.15, 0.2) is 18.2 Å². The van der Waals surface area contributed by atoms with Crippen LogP contribution < -0.4 is 10.5 Å². The summed E-state index contributed by atoms with van der Waals surface area (Å²) in [6, 6.07) is 7.00. The Morgan fingerprint density at radius 1 is 1.39 bits per heavy atom. The Morgan fingerprint density at radius 3 is 2.89 bits per heavy atom. The fourth-order valence-electron chi connectivity index (χ4n) is 2.81. The van der Waals surface area contributed by atoms with Gasteiger partial charge in [0, 0.05) is 19.1 Å². The zero-order valence-corrected chi connectivity index (χ0v) is 11.5. The average molecular weight is 248 g/mol. The molecule has 1 heterocycles. The molecule has 1 aliphatic heterocycles. The molecule has 2 N–H and O–H groups in total. The number of rotatable bonds is 4. The Hall–Kier alpha value is -1.06. The molecule has 1 unspecified atom stereocenters. The first-order chi connectivity index (χ1) is 8.74. The van der Waals surface area contributed by atoms with E-state index >= 15 is 0 Å². The van der Waals surface area contributed by atoms with Crippen LogP contribution in [0.25, 0.3) is 0 Å². The average Bonchev–Trinajstić information content (AvgIpc) is 2.39. The Bertz CT molecular complexity index is 392. The van der Waals surface area contributed by atoms with E-state index in [1.807, 2.05) is 0 Å². The van der Waals surface area contributed by atoms with Crippen molar-refractivity contribution in [3.05, 3.63) is 29.3 Å². The second-order valence-electron chi connectivity index (χ2n) is 5.16. The zero-order valence-electron chi connectivity index (χ0n) is 11.5. The molecule has 2 rings (SSSR count). The van der Waals surface area contributed by atoms with Crippen molar-refractivity contribution in [3.63, 3.8) is 0 Å². The molecule has 18 heavy (non-hydrogen) atoms. The van der Waals surface area contributed by atoms with Gasteiger partial charge in [-0.3, -0.25) is 4.90 Å². The SMILES string of the molecule is COc1ccc(CN2CCCCC2CN)cc1C. The molecular formula is C15H24N2O. The van der Waals surface area contributed by atoms with E-state index in [1.54, 1.807) is 7.11 Å². The second kappa shape index (κ2) is 6.21. The summed E-state index contributed by atoms with van der Waals surface area (Å²) in [5.74, 6) is 0.966. The molecule has 1 aromatic carbocycles. The van der Waals surface area contributed by atoms with Crippen molar-refractivity contribution in [3.8, 4) is 5.75 Å². The Morgan fingerprint density at radius 2 is 2.22 bits per heavy atom. The fraction of sp³-hybridized carbons (Fsp3) is 0.600. The van der Waals surface area contributed by atoms with Crippen LogP contribution in [0.3, 0.4) is 0 Å². The highest BCUT2D eigenvalue weighted by molar-refractivity contribution is 5.36. The van der Waals surface area contributed by atoms with E-state index in [2.05, 4.69) is 30.0 Å². The topological polar surface area (TPSA) is 38.5 Å². The molecule has 3 nitrogen and oxygen atoms in total. The van der Waals surface area contributed by atoms with Crippen LogP contribution in [0.4, 0.5) is 0 Å². The van der Waals surface area contributed by atoms with E-state index in [9.17, 15) is 0 Å². The van der Waals surface area contributed by atoms with Crippen LogP contribution in [0.1, 0.15) is 30.4 Å². The van der Waals surface area contributed by atoms with Crippen molar-refractivity contribution < 1.29 is 4.74 Å². The summed E-state index contributed by atoms with van der Waals surface area (Å²) in [5.41, 5.74) is 8.42. The summed E-state index contributed by atoms with van der Waals surface area (Å²) in [4.78, 5) is 2.52. The van der Waals surface area contributed by atoms with Gasteiger partial charge < -0.3 is 10.5 Å². The maximum absolute atomic E-state index is 5.86. The molecule has 0 spiro atoms. The third-order valence-electron chi connectivity index (χ3n) is 3.87. The lowest BCUT2D eigenvalue weighted by Gasteiger charge is -2.35. The monoisotopic (exact) mass is 248 g/mol. The van der Waals surface area contributed by atoms with E-state index < -0.39 is 0 Å². The quantitative estimate of drug-likeness (QED) is 0.888. The van der Waals surface area contributed by atoms with Crippen molar-refractivity contribution in [2.24, 2.45) is 5.73 Å². The first-order valence-electron chi connectivity index (χ1n) is 6.82. The fourth-order valence-corrected chi connectivity index (χ4v) is 2.81. The minimum absolute atomic E-state index is 0.557. The number of benzene rings is 1. The summed E-state index contributed by atoms with van der Waals surface area (Å²) in [6.45, 7) is 5.05. The smallest absolute Gasteiger partial charge is 0.121 e. The summed E-state index contributed by atoms with van der Waals surface area (Å²) in [7, 11) is 1.72. The van der Waals surface area contributed by atoms with E-state index in [4.69, 9.17) is 10.5 Å². The van der Waals surface area contributed by atoms with Crippen LogP contribution in [0, 0.1) is 6.92 Å². The summed E-state index contributed by atoms with van der Waals surface area (Å²) >= 11 is 0. The van der Waals surface area contributed by atoms with Gasteiger partial charge in [0.2, 0.25) is 0 Å². The summed E-state index contributed by atoms with van der Waals surface area (Å²) in [6.07, 6.45) is 3.86. The normalized spacial score (nSPS) is 20.9. The highest BCUT2D eigenvalue weighted by atomic mass is 16.5. The summed E-state index contributed by atoms with van der Waals surface area (Å²) in [5, 5.41) is 0. The third kappa shape index (κ3) is 3.03. The largest absolute Gasteiger partial charge is 0.496 e. The standard InChI is InChI=1S/C15H24N2O/c1-12-9-13(6-7-15(12)18-2)11-17-8-4-3-5-14(17)10-16/h6-7,9,14H,3-5,8,10-11,16H2,1-2H3. The Balaban J connectivity index is 2.05. The van der Waals surface area contributed by atoms with Crippen LogP contribution >= 0.6 is 0 Å². The van der Waals surface area contributed by atoms with Crippen LogP contribution in [-0.2, 0) is 6.54 Å². The maximum atomic E-state index is 5.86. The molecule has 1 saturated heterocycles. The number of piperidine rings is 1. The lowest BCUT2D eigenvalue weighted by molar-refractivity contribution is 0.145. The number of nitrogens with two attached hydrogens (primary N) is 1. The van der Waals surface area contributed by atoms with Gasteiger partial charge in [0.05, 0.1) is 7.11 Å². The molecule has 3 heteroatoms. The van der Waals surface area contributed by atoms with Gasteiger partial charge in [0.15, 0.2) is 0 Å². The minimum atomic E-state index is 0.557. The van der Waals surface area contributed by atoms with E-state index in [-0.39, 0.29) is 0 Å². The van der Waals surface area contributed by atoms with Crippen molar-refractivity contribution in [1.29, 1.82) is 0 Å². The molecule has 1 aromatic rings. The molecule has 0 aromatic heterocycles. The lowest BCUT2D eigenvalue weighted by Crippen LogP contribution is -2.43. The highest BCUT2D eigenvalue weighted by Crippen LogP contribution is 2.22. The van der Waals surface area contributed by atoms with Gasteiger partial charge in [-0.25, -0.2) is 0 Å². The molecule has 1 fully saturated rings. The number of hydrogen-bond donors (Lipinski definition) is 1. The van der Waals surface area contributed by atoms with Crippen molar-refractivity contribution in [2.45, 2.75) is 38.8 Å². The molecular weight excluding hydrogens is 224 g/mol. The second-order valence-corrected chi connectivity index (χ2v) is 5.16. The lowest BCUT2D eigenvalue weighted by atomic mass is 10.0. The minimum Gasteiger partial charge on any atom is -0.496 e. The number of hydrogen-bond acceptors (Lipinski definition) is 3. The van der Waals surface area contributed by atoms with Gasteiger partial charge in [-0.1, -0.05) is 18.6 Å². The molecule has 1 aliphatic rings. The van der Waals surface area contributed by atoms with Crippen molar-refractivity contribution in [1.82, 2.24) is 4.90 Å². The molecule has 0 bridgehead atoms. The third-order valence-corrected chi connectivity index (χ3v) is 3.87. The van der Waals surface area contributed by atoms with Gasteiger partial charge in [0.25, 0.3) is 0 Å². The van der Waals surface area contributed by atoms with E-state index in [0.29, 0.717) is 6.04 Å². The predicted molar refractivity (Wildman–Crippen MR) is 74.8 cm³/mol. The highest BCUT2D eigenvalue weighted by Gasteiger charge is 2.20. The van der Waals surface area contributed by atoms with Gasteiger partial charge in [-0.15, -0.1) is 0 Å². The maximum Gasteiger partial charge on any atom is 0.121 e. The van der Waals surface area contributed by atoms with Crippen LogP contribution in [0.2, 0.25) is 0 Å². The molecule has 0 amide bonds. The first kappa shape index (κ1) is 13.4. The van der Waals surface area contributed by atoms with Gasteiger partial charge in [0.1, 0.15) is 5.75 Å². The molecule has 0 aliphatic carbocycles. The number of ether oxygens (including phenoxy) is 1.